The number of fused-ring (bicyclic) bond motifs is 5. The first kappa shape index (κ1) is 17.4. The number of ketones is 1. The number of methoxy groups -OCH3 is 2. The van der Waals surface area contributed by atoms with Gasteiger partial charge in [-0.3, -0.25) is 4.79 Å². The summed E-state index contributed by atoms with van der Waals surface area (Å²) >= 11 is 0. The molecule has 29 heavy (non-hydrogen) atoms. The Morgan fingerprint density at radius 3 is 2.34 bits per heavy atom. The molecule has 1 aromatic heterocycles. The Labute approximate surface area is 167 Å². The minimum atomic E-state index is -0.0827. The van der Waals surface area contributed by atoms with Gasteiger partial charge in [-0.15, -0.1) is 0 Å². The molecule has 4 aromatic rings. The van der Waals surface area contributed by atoms with E-state index in [0.717, 1.165) is 33.5 Å². The van der Waals surface area contributed by atoms with Gasteiger partial charge < -0.3 is 19.1 Å². The summed E-state index contributed by atoms with van der Waals surface area (Å²) in [5.41, 5.74) is 5.22. The molecule has 5 rings (SSSR count). The second-order valence-corrected chi connectivity index (χ2v) is 7.09. The lowest BCUT2D eigenvalue weighted by molar-refractivity contribution is 0.104. The second-order valence-electron chi connectivity index (χ2n) is 7.09. The quantitative estimate of drug-likeness (QED) is 0.459. The van der Waals surface area contributed by atoms with E-state index in [-0.39, 0.29) is 11.5 Å². The molecule has 0 spiro atoms. The van der Waals surface area contributed by atoms with Crippen LogP contribution in [0.5, 0.6) is 17.2 Å². The van der Waals surface area contributed by atoms with E-state index in [1.807, 2.05) is 36.4 Å². The highest BCUT2D eigenvalue weighted by Gasteiger charge is 2.30. The maximum absolute atomic E-state index is 13.6. The monoisotopic (exact) mass is 385 g/mol. The zero-order valence-electron chi connectivity index (χ0n) is 16.1. The fraction of sp³-hybridized carbons (Fsp3) is 0.125. The number of ether oxygens (including phenoxy) is 2. The van der Waals surface area contributed by atoms with Gasteiger partial charge in [-0.25, -0.2) is 0 Å². The summed E-state index contributed by atoms with van der Waals surface area (Å²) in [4.78, 5) is 13.6. The van der Waals surface area contributed by atoms with Gasteiger partial charge in [0, 0.05) is 28.6 Å². The summed E-state index contributed by atoms with van der Waals surface area (Å²) in [5.74, 6) is 1.55. The Morgan fingerprint density at radius 2 is 1.62 bits per heavy atom. The molecule has 1 aliphatic heterocycles. The fourth-order valence-corrected chi connectivity index (χ4v) is 4.12. The van der Waals surface area contributed by atoms with Crippen molar-refractivity contribution in [3.05, 3.63) is 77.4 Å². The summed E-state index contributed by atoms with van der Waals surface area (Å²) in [6.07, 6.45) is 0. The van der Waals surface area contributed by atoms with E-state index in [2.05, 4.69) is 4.57 Å². The topological polar surface area (TPSA) is 60.7 Å². The first-order valence-electron chi connectivity index (χ1n) is 9.32. The lowest BCUT2D eigenvalue weighted by atomic mass is 9.96. The molecule has 0 atom stereocenters. The van der Waals surface area contributed by atoms with Crippen molar-refractivity contribution in [3.63, 3.8) is 0 Å². The lowest BCUT2D eigenvalue weighted by Gasteiger charge is -2.07. The molecular weight excluding hydrogens is 366 g/mol. The van der Waals surface area contributed by atoms with Crippen LogP contribution in [0.4, 0.5) is 0 Å². The highest BCUT2D eigenvalue weighted by molar-refractivity contribution is 6.21. The lowest BCUT2D eigenvalue weighted by Crippen LogP contribution is -2.02. The number of phenolic OH excluding ortho intramolecular Hbond substituents is 1. The van der Waals surface area contributed by atoms with Crippen LogP contribution in [-0.4, -0.2) is 29.7 Å². The van der Waals surface area contributed by atoms with Gasteiger partial charge >= 0.3 is 0 Å². The van der Waals surface area contributed by atoms with Crippen molar-refractivity contribution >= 4 is 16.7 Å². The zero-order valence-corrected chi connectivity index (χ0v) is 16.1. The number of carbonyl (C=O) groups excluding carboxylic acids is 1. The fourth-order valence-electron chi connectivity index (χ4n) is 4.12. The highest BCUT2D eigenvalue weighted by Crippen LogP contribution is 2.43. The molecule has 0 radical (unpaired) electrons. The molecule has 0 saturated heterocycles. The van der Waals surface area contributed by atoms with Gasteiger partial charge in [0.25, 0.3) is 0 Å². The number of nitrogens with zero attached hydrogens (tertiary/aromatic N) is 1. The van der Waals surface area contributed by atoms with E-state index in [4.69, 9.17) is 9.47 Å². The smallest absolute Gasteiger partial charge is 0.195 e. The van der Waals surface area contributed by atoms with Crippen molar-refractivity contribution in [2.24, 2.45) is 0 Å². The van der Waals surface area contributed by atoms with Crippen molar-refractivity contribution in [1.82, 2.24) is 4.57 Å². The Kier molecular flexibility index (Phi) is 3.84. The minimum absolute atomic E-state index is 0.0827. The Morgan fingerprint density at radius 1 is 0.931 bits per heavy atom. The van der Waals surface area contributed by atoms with Gasteiger partial charge in [0.2, 0.25) is 0 Å². The molecule has 144 valence electrons. The number of hydrogen-bond donors (Lipinski definition) is 1. The highest BCUT2D eigenvalue weighted by atomic mass is 16.5. The predicted molar refractivity (Wildman–Crippen MR) is 111 cm³/mol. The van der Waals surface area contributed by atoms with Crippen LogP contribution in [0, 0.1) is 0 Å². The van der Waals surface area contributed by atoms with Crippen LogP contribution >= 0.6 is 0 Å². The molecule has 5 nitrogen and oxygen atoms in total. The number of rotatable bonds is 4. The standard InChI is InChI=1S/C24H19NO4/c1-28-17-7-9-19-15(11-17)13-25-21-10-8-18(29-2)12-20(21)22(23(19)25)24(27)14-3-5-16(26)6-4-14/h3-12,26H,13H2,1-2H3. The van der Waals surface area contributed by atoms with Gasteiger partial charge in [0.1, 0.15) is 17.2 Å². The number of phenols is 1. The average Bonchev–Trinajstić information content (AvgIpc) is 3.26. The van der Waals surface area contributed by atoms with Crippen molar-refractivity contribution in [2.75, 3.05) is 14.2 Å². The van der Waals surface area contributed by atoms with Crippen molar-refractivity contribution < 1.29 is 19.4 Å². The summed E-state index contributed by atoms with van der Waals surface area (Å²) in [6, 6.07) is 18.1. The molecule has 0 unspecified atom stereocenters. The summed E-state index contributed by atoms with van der Waals surface area (Å²) in [5, 5.41) is 10.5. The molecule has 1 aliphatic rings. The van der Waals surface area contributed by atoms with Crippen LogP contribution in [0.3, 0.4) is 0 Å². The Bertz CT molecular complexity index is 1270. The van der Waals surface area contributed by atoms with Crippen LogP contribution in [0.2, 0.25) is 0 Å². The maximum Gasteiger partial charge on any atom is 0.195 e. The van der Waals surface area contributed by atoms with E-state index in [1.54, 1.807) is 26.4 Å². The minimum Gasteiger partial charge on any atom is -0.508 e. The molecule has 0 aliphatic carbocycles. The molecule has 1 N–H and O–H groups in total. The van der Waals surface area contributed by atoms with Crippen LogP contribution in [0.1, 0.15) is 21.5 Å². The van der Waals surface area contributed by atoms with Gasteiger partial charge in [-0.05, 0) is 66.2 Å². The van der Waals surface area contributed by atoms with E-state index in [1.165, 1.54) is 12.1 Å². The molecule has 0 amide bonds. The number of carbonyl (C=O) groups is 1. The molecule has 2 heterocycles. The first-order valence-corrected chi connectivity index (χ1v) is 9.32. The van der Waals surface area contributed by atoms with Crippen LogP contribution < -0.4 is 9.47 Å². The maximum atomic E-state index is 13.6. The third-order valence-electron chi connectivity index (χ3n) is 5.52. The van der Waals surface area contributed by atoms with E-state index in [9.17, 15) is 9.90 Å². The molecule has 0 bridgehead atoms. The van der Waals surface area contributed by atoms with Crippen LogP contribution in [0.25, 0.3) is 22.2 Å². The number of hydrogen-bond acceptors (Lipinski definition) is 4. The zero-order chi connectivity index (χ0) is 20.1. The van der Waals surface area contributed by atoms with E-state index >= 15 is 0 Å². The molecular formula is C24H19NO4. The summed E-state index contributed by atoms with van der Waals surface area (Å²) in [6.45, 7) is 0.674. The largest absolute Gasteiger partial charge is 0.508 e. The first-order chi connectivity index (χ1) is 14.1. The third-order valence-corrected chi connectivity index (χ3v) is 5.52. The SMILES string of the molecule is COc1ccc2c(c1)Cn1c-2c(C(=O)c2ccc(O)cc2)c2cc(OC)ccc21. The van der Waals surface area contributed by atoms with Gasteiger partial charge in [0.15, 0.2) is 5.78 Å². The third kappa shape index (κ3) is 2.58. The molecule has 0 saturated carbocycles. The number of aromatic nitrogens is 1. The van der Waals surface area contributed by atoms with Gasteiger partial charge in [-0.1, -0.05) is 0 Å². The number of benzene rings is 3. The summed E-state index contributed by atoms with van der Waals surface area (Å²) < 4.78 is 13.0. The number of aromatic hydroxyl groups is 1. The predicted octanol–water partition coefficient (Wildman–Crippen LogP) is 4.62. The van der Waals surface area contributed by atoms with Crippen molar-refractivity contribution in [1.29, 1.82) is 0 Å². The van der Waals surface area contributed by atoms with Gasteiger partial charge in [0.05, 0.1) is 25.5 Å². The normalized spacial score (nSPS) is 11.9. The van der Waals surface area contributed by atoms with Crippen molar-refractivity contribution in [2.45, 2.75) is 6.54 Å². The van der Waals surface area contributed by atoms with Crippen LogP contribution in [-0.2, 0) is 6.54 Å². The Hall–Kier alpha value is -3.73. The summed E-state index contributed by atoms with van der Waals surface area (Å²) in [7, 11) is 3.27. The molecule has 3 aromatic carbocycles. The van der Waals surface area contributed by atoms with E-state index < -0.39 is 0 Å². The average molecular weight is 385 g/mol. The van der Waals surface area contributed by atoms with Gasteiger partial charge in [-0.2, -0.15) is 0 Å². The Balaban J connectivity index is 1.79. The van der Waals surface area contributed by atoms with E-state index in [0.29, 0.717) is 23.4 Å². The molecule has 0 fully saturated rings. The van der Waals surface area contributed by atoms with Crippen molar-refractivity contribution in [3.8, 4) is 28.5 Å². The second kappa shape index (κ2) is 6.41. The van der Waals surface area contributed by atoms with Crippen LogP contribution in [0.15, 0.2) is 60.7 Å². The molecule has 5 heteroatoms.